The normalized spacial score (nSPS) is 11.0. The average molecular weight is 416 g/mol. The predicted octanol–water partition coefficient (Wildman–Crippen LogP) is 4.98. The maximum atomic E-state index is 12.3. The molecule has 0 radical (unpaired) electrons. The van der Waals surface area contributed by atoms with Gasteiger partial charge in [0.1, 0.15) is 12.1 Å². The molecule has 5 aromatic rings. The van der Waals surface area contributed by atoms with Crippen LogP contribution in [0.1, 0.15) is 10.4 Å². The van der Waals surface area contributed by atoms with Gasteiger partial charge in [-0.05, 0) is 60.7 Å². The van der Waals surface area contributed by atoms with Gasteiger partial charge in [0.05, 0.1) is 11.0 Å². The van der Waals surface area contributed by atoms with Crippen LogP contribution in [0.4, 0.5) is 5.69 Å². The molecule has 0 unspecified atom stereocenters. The zero-order chi connectivity index (χ0) is 20.5. The third kappa shape index (κ3) is 3.42. The van der Waals surface area contributed by atoms with Gasteiger partial charge in [0.25, 0.3) is 11.8 Å². The van der Waals surface area contributed by atoms with Crippen LogP contribution < -0.4 is 10.1 Å². The standard InChI is InChI=1S/C22H14ClN5O2/c23-15-7-5-14(6-8-15)21(29)25-16-9-11-17(12-10-16)30-22-20-27-24-13-28(20)19-4-2-1-3-18(19)26-22/h1-13H,(H,25,29). The minimum Gasteiger partial charge on any atom is -0.436 e. The third-order valence-electron chi connectivity index (χ3n) is 4.54. The van der Waals surface area contributed by atoms with E-state index in [-0.39, 0.29) is 5.91 Å². The summed E-state index contributed by atoms with van der Waals surface area (Å²) in [5, 5.41) is 11.5. The van der Waals surface area contributed by atoms with Crippen LogP contribution in [0, 0.1) is 0 Å². The summed E-state index contributed by atoms with van der Waals surface area (Å²) in [6.07, 6.45) is 1.63. The van der Waals surface area contributed by atoms with Gasteiger partial charge in [0.2, 0.25) is 5.65 Å². The maximum Gasteiger partial charge on any atom is 0.266 e. The summed E-state index contributed by atoms with van der Waals surface area (Å²) in [6, 6.07) is 21.4. The summed E-state index contributed by atoms with van der Waals surface area (Å²) in [4.78, 5) is 16.9. The van der Waals surface area contributed by atoms with E-state index in [2.05, 4.69) is 20.5 Å². The van der Waals surface area contributed by atoms with Gasteiger partial charge < -0.3 is 10.1 Å². The largest absolute Gasteiger partial charge is 0.436 e. The summed E-state index contributed by atoms with van der Waals surface area (Å²) in [7, 11) is 0. The van der Waals surface area contributed by atoms with Crippen molar-refractivity contribution in [3.63, 3.8) is 0 Å². The molecule has 146 valence electrons. The van der Waals surface area contributed by atoms with Gasteiger partial charge in [-0.25, -0.2) is 4.98 Å². The molecule has 0 saturated heterocycles. The van der Waals surface area contributed by atoms with Gasteiger partial charge in [0.15, 0.2) is 0 Å². The summed E-state index contributed by atoms with van der Waals surface area (Å²) in [5.41, 5.74) is 3.35. The lowest BCUT2D eigenvalue weighted by Gasteiger charge is -2.09. The molecule has 2 heterocycles. The van der Waals surface area contributed by atoms with E-state index >= 15 is 0 Å². The molecule has 2 aromatic heterocycles. The highest BCUT2D eigenvalue weighted by molar-refractivity contribution is 6.30. The number of amides is 1. The Bertz CT molecular complexity index is 1360. The minimum atomic E-state index is -0.221. The van der Waals surface area contributed by atoms with E-state index < -0.39 is 0 Å². The zero-order valence-corrected chi connectivity index (χ0v) is 16.2. The lowest BCUT2D eigenvalue weighted by atomic mass is 10.2. The minimum absolute atomic E-state index is 0.221. The number of nitrogens with zero attached hydrogens (tertiary/aromatic N) is 4. The first kappa shape index (κ1) is 18.1. The van der Waals surface area contributed by atoms with E-state index in [1.165, 1.54) is 0 Å². The fourth-order valence-corrected chi connectivity index (χ4v) is 3.20. The molecule has 1 N–H and O–H groups in total. The van der Waals surface area contributed by atoms with Gasteiger partial charge in [-0.15, -0.1) is 10.2 Å². The number of para-hydroxylation sites is 2. The molecule has 0 aliphatic heterocycles. The van der Waals surface area contributed by atoms with Crippen molar-refractivity contribution in [3.05, 3.63) is 89.7 Å². The molecule has 0 saturated carbocycles. The molecule has 0 bridgehead atoms. The van der Waals surface area contributed by atoms with E-state index in [0.717, 1.165) is 11.0 Å². The highest BCUT2D eigenvalue weighted by Crippen LogP contribution is 2.27. The van der Waals surface area contributed by atoms with Gasteiger partial charge in [-0.3, -0.25) is 9.20 Å². The van der Waals surface area contributed by atoms with Crippen LogP contribution in [-0.2, 0) is 0 Å². The van der Waals surface area contributed by atoms with Crippen molar-refractivity contribution in [1.82, 2.24) is 19.6 Å². The molecule has 1 amide bonds. The second-order valence-corrected chi connectivity index (χ2v) is 6.95. The number of benzene rings is 3. The average Bonchev–Trinajstić information content (AvgIpc) is 3.26. The fraction of sp³-hybridized carbons (Fsp3) is 0. The molecular weight excluding hydrogens is 402 g/mol. The molecular formula is C22H14ClN5O2. The monoisotopic (exact) mass is 415 g/mol. The van der Waals surface area contributed by atoms with E-state index in [1.54, 1.807) is 54.9 Å². The highest BCUT2D eigenvalue weighted by atomic mass is 35.5. The molecule has 0 aliphatic carbocycles. The van der Waals surface area contributed by atoms with Crippen LogP contribution in [0.15, 0.2) is 79.1 Å². The lowest BCUT2D eigenvalue weighted by molar-refractivity contribution is 0.102. The number of rotatable bonds is 4. The van der Waals surface area contributed by atoms with Crippen molar-refractivity contribution in [1.29, 1.82) is 0 Å². The smallest absolute Gasteiger partial charge is 0.266 e. The maximum absolute atomic E-state index is 12.3. The number of ether oxygens (including phenoxy) is 1. The second kappa shape index (κ2) is 7.46. The molecule has 0 spiro atoms. The van der Waals surface area contributed by atoms with Crippen LogP contribution in [0.5, 0.6) is 11.6 Å². The quantitative estimate of drug-likeness (QED) is 0.448. The summed E-state index contributed by atoms with van der Waals surface area (Å²) in [6.45, 7) is 0. The molecule has 3 aromatic carbocycles. The lowest BCUT2D eigenvalue weighted by Crippen LogP contribution is -2.11. The van der Waals surface area contributed by atoms with E-state index in [4.69, 9.17) is 16.3 Å². The van der Waals surface area contributed by atoms with E-state index in [9.17, 15) is 4.79 Å². The van der Waals surface area contributed by atoms with Gasteiger partial charge in [0, 0.05) is 16.3 Å². The van der Waals surface area contributed by atoms with Crippen molar-refractivity contribution in [2.24, 2.45) is 0 Å². The number of carbonyl (C=O) groups excluding carboxylic acids is 1. The molecule has 0 atom stereocenters. The summed E-state index contributed by atoms with van der Waals surface area (Å²) in [5.74, 6) is 0.693. The number of carbonyl (C=O) groups is 1. The third-order valence-corrected chi connectivity index (χ3v) is 4.79. The first-order valence-corrected chi connectivity index (χ1v) is 9.48. The Kier molecular flexibility index (Phi) is 4.49. The number of hydrogen-bond acceptors (Lipinski definition) is 5. The van der Waals surface area contributed by atoms with Gasteiger partial charge in [-0.2, -0.15) is 0 Å². The van der Waals surface area contributed by atoms with E-state index in [0.29, 0.717) is 33.6 Å². The Balaban J connectivity index is 1.38. The second-order valence-electron chi connectivity index (χ2n) is 6.52. The Morgan fingerprint density at radius 2 is 1.73 bits per heavy atom. The van der Waals surface area contributed by atoms with Crippen molar-refractivity contribution in [2.45, 2.75) is 0 Å². The summed E-state index contributed by atoms with van der Waals surface area (Å²) >= 11 is 5.86. The molecule has 7 nitrogen and oxygen atoms in total. The molecule has 0 aliphatic rings. The number of halogens is 1. The predicted molar refractivity (Wildman–Crippen MR) is 114 cm³/mol. The highest BCUT2D eigenvalue weighted by Gasteiger charge is 2.12. The molecule has 0 fully saturated rings. The Labute approximate surface area is 175 Å². The number of anilines is 1. The number of nitrogens with one attached hydrogen (secondary N) is 1. The van der Waals surface area contributed by atoms with Crippen LogP contribution in [0.2, 0.25) is 5.02 Å². The van der Waals surface area contributed by atoms with Gasteiger partial charge >= 0.3 is 0 Å². The number of aromatic nitrogens is 4. The van der Waals surface area contributed by atoms with Crippen LogP contribution in [-0.4, -0.2) is 25.5 Å². The van der Waals surface area contributed by atoms with Crippen LogP contribution >= 0.6 is 11.6 Å². The molecule has 30 heavy (non-hydrogen) atoms. The zero-order valence-electron chi connectivity index (χ0n) is 15.5. The number of hydrogen-bond donors (Lipinski definition) is 1. The topological polar surface area (TPSA) is 81.4 Å². The Morgan fingerprint density at radius 3 is 2.53 bits per heavy atom. The molecule has 5 rings (SSSR count). The van der Waals surface area contributed by atoms with Crippen LogP contribution in [0.25, 0.3) is 16.7 Å². The fourth-order valence-electron chi connectivity index (χ4n) is 3.07. The van der Waals surface area contributed by atoms with Gasteiger partial charge in [-0.1, -0.05) is 23.7 Å². The summed E-state index contributed by atoms with van der Waals surface area (Å²) < 4.78 is 7.79. The van der Waals surface area contributed by atoms with Crippen molar-refractivity contribution < 1.29 is 9.53 Å². The van der Waals surface area contributed by atoms with Crippen LogP contribution in [0.3, 0.4) is 0 Å². The SMILES string of the molecule is O=C(Nc1ccc(Oc2nc3ccccc3n3cnnc23)cc1)c1ccc(Cl)cc1. The van der Waals surface area contributed by atoms with E-state index in [1.807, 2.05) is 28.7 Å². The first-order chi connectivity index (χ1) is 14.7. The first-order valence-electron chi connectivity index (χ1n) is 9.11. The molecule has 8 heteroatoms. The Hall–Kier alpha value is -3.97. The van der Waals surface area contributed by atoms with Crippen molar-refractivity contribution in [2.75, 3.05) is 5.32 Å². The van der Waals surface area contributed by atoms with Crippen molar-refractivity contribution in [3.8, 4) is 11.6 Å². The van der Waals surface area contributed by atoms with Crippen molar-refractivity contribution >= 4 is 39.9 Å². The number of fused-ring (bicyclic) bond motifs is 3. The Morgan fingerprint density at radius 1 is 0.967 bits per heavy atom.